The van der Waals surface area contributed by atoms with Crippen LogP contribution in [-0.2, 0) is 0 Å². The second kappa shape index (κ2) is 30.5. The summed E-state index contributed by atoms with van der Waals surface area (Å²) in [7, 11) is 0. The largest absolute Gasteiger partial charge is 0.494 e. The van der Waals surface area contributed by atoms with Crippen LogP contribution in [0, 0.1) is 0 Å². The van der Waals surface area contributed by atoms with Crippen molar-refractivity contribution in [1.82, 2.24) is 15.0 Å². The average Bonchev–Trinajstić information content (AvgIpc) is 3.64. The van der Waals surface area contributed by atoms with Crippen molar-refractivity contribution in [3.63, 3.8) is 0 Å². The number of nitrogens with one attached hydrogen (secondary N) is 2. The van der Waals surface area contributed by atoms with Gasteiger partial charge in [-0.25, -0.2) is 0 Å². The van der Waals surface area contributed by atoms with Gasteiger partial charge < -0.3 is 34.3 Å². The zero-order valence-corrected chi connectivity index (χ0v) is 40.6. The topological polar surface area (TPSA) is 177 Å². The molecule has 0 bridgehead atoms. The summed E-state index contributed by atoms with van der Waals surface area (Å²) in [5, 5.41) is 5.40. The fourth-order valence-electron chi connectivity index (χ4n) is 7.12. The van der Waals surface area contributed by atoms with E-state index in [2.05, 4.69) is 46.4 Å². The smallest absolute Gasteiger partial charge is 0.331 e. The van der Waals surface area contributed by atoms with Gasteiger partial charge in [-0.3, -0.25) is 19.2 Å². The van der Waals surface area contributed by atoms with Crippen molar-refractivity contribution in [2.75, 3.05) is 30.5 Å². The van der Waals surface area contributed by atoms with Crippen molar-refractivity contribution in [1.29, 1.82) is 0 Å². The summed E-state index contributed by atoms with van der Waals surface area (Å²) in [6.07, 6.45) is 20.2. The van der Waals surface area contributed by atoms with E-state index in [1.165, 1.54) is 76.3 Å². The fraction of sp³-hybridized carbons (Fsp3) is 0.436. The number of rotatable bonds is 32. The Morgan fingerprint density at radius 2 is 0.696 bits per heavy atom. The molecule has 0 aliphatic heterocycles. The van der Waals surface area contributed by atoms with Crippen molar-refractivity contribution in [3.05, 3.63) is 129 Å². The van der Waals surface area contributed by atoms with E-state index in [0.717, 1.165) is 51.4 Å². The molecular weight excluding hydrogens is 875 g/mol. The van der Waals surface area contributed by atoms with Crippen LogP contribution in [0.4, 0.5) is 11.4 Å². The first-order chi connectivity index (χ1) is 33.7. The van der Waals surface area contributed by atoms with Gasteiger partial charge in [0.25, 0.3) is 11.8 Å². The molecule has 14 heteroatoms. The number of ether oxygens (including phenoxy) is 5. The standard InChI is InChI=1S/C55H69N5O9/c1-4-7-10-13-16-19-38-65-43-30-34-47(49(61)36-32-43)56-51(63)41-22-26-45(27-23-41)68-54-58-53(67-40-21-18-15-12-9-6-3)59-55(60-54)69-46-28-24-42(25-29-46)52(64)57-48-35-31-44(33-37-50(48)62)66-39-20-17-14-11-8-5-2/h22-37H,4-21,38-40H2,1-3H3,(H,56,61,63)(H,57,62,64). The minimum atomic E-state index is -0.480. The summed E-state index contributed by atoms with van der Waals surface area (Å²) in [6, 6.07) is 24.7. The van der Waals surface area contributed by atoms with Crippen LogP contribution in [-0.4, -0.2) is 46.6 Å². The van der Waals surface area contributed by atoms with Crippen molar-refractivity contribution in [2.45, 2.75) is 136 Å². The molecule has 5 aromatic rings. The Hall–Kier alpha value is -6.83. The highest BCUT2D eigenvalue weighted by molar-refractivity contribution is 6.04. The van der Waals surface area contributed by atoms with Gasteiger partial charge in [0.2, 0.25) is 10.9 Å². The maximum Gasteiger partial charge on any atom is 0.331 e. The number of amides is 2. The number of carbonyl (C=O) groups is 2. The molecule has 0 aliphatic rings. The van der Waals surface area contributed by atoms with Gasteiger partial charge in [0.05, 0.1) is 31.2 Å². The number of hydrogen-bond acceptors (Lipinski definition) is 12. The lowest BCUT2D eigenvalue weighted by Crippen LogP contribution is -2.16. The van der Waals surface area contributed by atoms with E-state index in [1.54, 1.807) is 84.9 Å². The van der Waals surface area contributed by atoms with Crippen LogP contribution in [0.5, 0.6) is 41.0 Å². The first kappa shape index (κ1) is 53.1. The van der Waals surface area contributed by atoms with Crippen LogP contribution < -0.4 is 45.2 Å². The van der Waals surface area contributed by atoms with Crippen LogP contribution in [0.15, 0.2) is 107 Å². The molecule has 1 aromatic heterocycles. The number of anilines is 2. The Morgan fingerprint density at radius 3 is 1.09 bits per heavy atom. The summed E-state index contributed by atoms with van der Waals surface area (Å²) in [4.78, 5) is 65.1. The second-order valence-electron chi connectivity index (χ2n) is 16.9. The molecule has 5 rings (SSSR count). The first-order valence-corrected chi connectivity index (χ1v) is 24.9. The van der Waals surface area contributed by atoms with Gasteiger partial charge in [-0.05, 0) is 116 Å². The summed E-state index contributed by atoms with van der Waals surface area (Å²) >= 11 is 0. The van der Waals surface area contributed by atoms with E-state index in [0.29, 0.717) is 42.8 Å². The monoisotopic (exact) mass is 944 g/mol. The normalized spacial score (nSPS) is 10.8. The Kier molecular flexibility index (Phi) is 23.5. The second-order valence-corrected chi connectivity index (χ2v) is 16.9. The maximum atomic E-state index is 13.2. The van der Waals surface area contributed by atoms with Crippen molar-refractivity contribution in [2.24, 2.45) is 0 Å². The highest BCUT2D eigenvalue weighted by Crippen LogP contribution is 2.26. The molecule has 69 heavy (non-hydrogen) atoms. The van der Waals surface area contributed by atoms with E-state index in [-0.39, 0.29) is 51.4 Å². The van der Waals surface area contributed by atoms with Gasteiger partial charge >= 0.3 is 18.0 Å². The predicted octanol–water partition coefficient (Wildman–Crippen LogP) is 12.9. The lowest BCUT2D eigenvalue weighted by Gasteiger charge is -2.10. The molecule has 0 radical (unpaired) electrons. The van der Waals surface area contributed by atoms with Crippen LogP contribution in [0.2, 0.25) is 0 Å². The number of unbranched alkanes of at least 4 members (excludes halogenated alkanes) is 15. The molecule has 1 heterocycles. The molecule has 0 atom stereocenters. The van der Waals surface area contributed by atoms with Crippen molar-refractivity contribution in [3.8, 4) is 41.0 Å². The van der Waals surface area contributed by atoms with Gasteiger partial charge in [0.1, 0.15) is 23.0 Å². The molecule has 4 aromatic carbocycles. The number of nitrogens with zero attached hydrogens (tertiary/aromatic N) is 3. The molecule has 368 valence electrons. The molecule has 0 fully saturated rings. The Balaban J connectivity index is 1.20. The lowest BCUT2D eigenvalue weighted by atomic mass is 10.1. The van der Waals surface area contributed by atoms with E-state index in [9.17, 15) is 19.2 Å². The lowest BCUT2D eigenvalue weighted by molar-refractivity contribution is 0.101. The summed E-state index contributed by atoms with van der Waals surface area (Å²) < 4.78 is 29.6. The number of carbonyl (C=O) groups excluding carboxylic acids is 2. The molecule has 2 amide bonds. The van der Waals surface area contributed by atoms with Crippen molar-refractivity contribution >= 4 is 23.2 Å². The number of benzene rings is 2. The van der Waals surface area contributed by atoms with E-state index in [1.807, 2.05) is 0 Å². The Labute approximate surface area is 406 Å². The molecule has 0 aliphatic carbocycles. The minimum absolute atomic E-state index is 0.00336. The molecule has 2 N–H and O–H groups in total. The summed E-state index contributed by atoms with van der Waals surface area (Å²) in [6.45, 7) is 8.05. The van der Waals surface area contributed by atoms with E-state index >= 15 is 0 Å². The minimum Gasteiger partial charge on any atom is -0.494 e. The molecule has 0 saturated carbocycles. The highest BCUT2D eigenvalue weighted by Gasteiger charge is 2.15. The number of aromatic nitrogens is 3. The van der Waals surface area contributed by atoms with Crippen LogP contribution in [0.25, 0.3) is 0 Å². The zero-order chi connectivity index (χ0) is 48.9. The Bertz CT molecular complexity index is 2290. The molecule has 0 saturated heterocycles. The average molecular weight is 944 g/mol. The third kappa shape index (κ3) is 19.7. The van der Waals surface area contributed by atoms with Crippen LogP contribution in [0.3, 0.4) is 0 Å². The SMILES string of the molecule is CCCCCCCCOc1ccc(NC(=O)c2ccc(Oc3nc(OCCCCCCCC)nc(Oc4ccc(C(=O)Nc5ccc(OCCCCCCCC)ccc5=O)cc4)n3)cc2)c(=O)cc1. The van der Waals surface area contributed by atoms with Gasteiger partial charge in [0.15, 0.2) is 0 Å². The third-order valence-electron chi connectivity index (χ3n) is 11.1. The predicted molar refractivity (Wildman–Crippen MR) is 271 cm³/mol. The molecule has 0 spiro atoms. The Morgan fingerprint density at radius 1 is 0.377 bits per heavy atom. The van der Waals surface area contributed by atoms with Gasteiger partial charge in [-0.1, -0.05) is 117 Å². The van der Waals surface area contributed by atoms with Gasteiger partial charge in [-0.15, -0.1) is 15.0 Å². The molecule has 14 nitrogen and oxygen atoms in total. The van der Waals surface area contributed by atoms with Crippen molar-refractivity contribution < 1.29 is 33.3 Å². The highest BCUT2D eigenvalue weighted by atomic mass is 16.5. The number of hydrogen-bond donors (Lipinski definition) is 2. The summed E-state index contributed by atoms with van der Waals surface area (Å²) in [5.41, 5.74) is 0.119. The zero-order valence-electron chi connectivity index (χ0n) is 40.6. The van der Waals surface area contributed by atoms with Gasteiger partial charge in [0, 0.05) is 11.1 Å². The van der Waals surface area contributed by atoms with E-state index in [4.69, 9.17) is 23.7 Å². The van der Waals surface area contributed by atoms with Crippen LogP contribution in [0.1, 0.15) is 157 Å². The van der Waals surface area contributed by atoms with Crippen LogP contribution >= 0.6 is 0 Å². The van der Waals surface area contributed by atoms with E-state index < -0.39 is 11.8 Å². The fourth-order valence-corrected chi connectivity index (χ4v) is 7.12. The first-order valence-electron chi connectivity index (χ1n) is 24.9. The molecular formula is C55H69N5O9. The third-order valence-corrected chi connectivity index (χ3v) is 11.1. The van der Waals surface area contributed by atoms with Gasteiger partial charge in [-0.2, -0.15) is 0 Å². The molecule has 0 unspecified atom stereocenters. The maximum absolute atomic E-state index is 13.2. The quantitative estimate of drug-likeness (QED) is 0.0391. The summed E-state index contributed by atoms with van der Waals surface area (Å²) in [5.74, 6) is 0.780.